The first-order chi connectivity index (χ1) is 9.63. The largest absolute Gasteiger partial charge is 0.390 e. The Morgan fingerprint density at radius 3 is 2.48 bits per heavy atom. The molecule has 0 heterocycles. The van der Waals surface area contributed by atoms with E-state index in [1.54, 1.807) is 0 Å². The van der Waals surface area contributed by atoms with Crippen LogP contribution < -0.4 is 0 Å². The zero-order chi connectivity index (χ0) is 15.9. The summed E-state index contributed by atoms with van der Waals surface area (Å²) >= 11 is 0. The molecule has 0 aliphatic heterocycles. The van der Waals surface area contributed by atoms with E-state index in [1.807, 2.05) is 6.08 Å². The van der Waals surface area contributed by atoms with Gasteiger partial charge in [-0.3, -0.25) is 0 Å². The van der Waals surface area contributed by atoms with E-state index < -0.39 is 5.60 Å². The van der Waals surface area contributed by atoms with E-state index in [9.17, 15) is 5.11 Å². The Morgan fingerprint density at radius 2 is 1.86 bits per heavy atom. The molecular formula is C20H34O. The van der Waals surface area contributed by atoms with Crippen molar-refractivity contribution in [2.75, 3.05) is 0 Å². The van der Waals surface area contributed by atoms with Crippen molar-refractivity contribution in [3.05, 3.63) is 24.8 Å². The maximum absolute atomic E-state index is 11.0. The van der Waals surface area contributed by atoms with Crippen molar-refractivity contribution < 1.29 is 5.11 Å². The normalized spacial score (nSPS) is 42.1. The lowest BCUT2D eigenvalue weighted by molar-refractivity contribution is -0.168. The summed E-state index contributed by atoms with van der Waals surface area (Å²) in [6.07, 6.45) is 9.90. The van der Waals surface area contributed by atoms with E-state index in [0.29, 0.717) is 11.3 Å². The van der Waals surface area contributed by atoms with Gasteiger partial charge in [0.15, 0.2) is 0 Å². The van der Waals surface area contributed by atoms with Crippen LogP contribution in [0, 0.1) is 22.7 Å². The van der Waals surface area contributed by atoms with Gasteiger partial charge >= 0.3 is 0 Å². The molecule has 0 aromatic carbocycles. The third kappa shape index (κ3) is 2.99. The molecule has 0 saturated heterocycles. The number of hydrogen-bond acceptors (Lipinski definition) is 1. The number of rotatable bonds is 4. The number of hydrogen-bond donors (Lipinski definition) is 1. The van der Waals surface area contributed by atoms with Crippen LogP contribution in [0.3, 0.4) is 0 Å². The highest BCUT2D eigenvalue weighted by atomic mass is 16.3. The van der Waals surface area contributed by atoms with Crippen molar-refractivity contribution in [3.63, 3.8) is 0 Å². The number of aliphatic hydroxyl groups is 1. The van der Waals surface area contributed by atoms with Gasteiger partial charge in [-0.1, -0.05) is 52.0 Å². The van der Waals surface area contributed by atoms with Crippen molar-refractivity contribution >= 4 is 0 Å². The van der Waals surface area contributed by atoms with Crippen LogP contribution >= 0.6 is 0 Å². The van der Waals surface area contributed by atoms with E-state index in [2.05, 4.69) is 40.9 Å². The van der Waals surface area contributed by atoms with Gasteiger partial charge < -0.3 is 5.11 Å². The van der Waals surface area contributed by atoms with Crippen LogP contribution in [-0.2, 0) is 0 Å². The Morgan fingerprint density at radius 1 is 1.19 bits per heavy atom. The average molecular weight is 290 g/mol. The highest BCUT2D eigenvalue weighted by molar-refractivity contribution is 5.13. The minimum atomic E-state index is -0.528. The molecular weight excluding hydrogens is 256 g/mol. The van der Waals surface area contributed by atoms with Gasteiger partial charge in [0.2, 0.25) is 0 Å². The van der Waals surface area contributed by atoms with E-state index in [1.165, 1.54) is 25.7 Å². The van der Waals surface area contributed by atoms with Crippen molar-refractivity contribution in [1.82, 2.24) is 0 Å². The monoisotopic (exact) mass is 290 g/mol. The molecule has 2 rings (SSSR count). The van der Waals surface area contributed by atoms with Gasteiger partial charge in [0.1, 0.15) is 0 Å². The van der Waals surface area contributed by atoms with Crippen LogP contribution in [0.2, 0.25) is 0 Å². The molecule has 0 aromatic heterocycles. The van der Waals surface area contributed by atoms with Gasteiger partial charge in [0.25, 0.3) is 0 Å². The zero-order valence-electron chi connectivity index (χ0n) is 14.5. The molecule has 21 heavy (non-hydrogen) atoms. The molecule has 0 radical (unpaired) electrons. The Hall–Kier alpha value is -0.560. The molecule has 0 spiro atoms. The summed E-state index contributed by atoms with van der Waals surface area (Å²) in [5, 5.41) is 11.0. The topological polar surface area (TPSA) is 20.2 Å². The Kier molecular flexibility index (Phi) is 4.46. The molecule has 0 unspecified atom stereocenters. The van der Waals surface area contributed by atoms with E-state index >= 15 is 0 Å². The highest BCUT2D eigenvalue weighted by Crippen LogP contribution is 2.62. The Labute approximate surface area is 131 Å². The standard InChI is InChI=1S/C20H34O/c1-7-15(2)9-10-17-19(5)13-8-12-18(3,4)16(19)11-14-20(17,6)21/h7,16-17,21H,1-2,8-14H2,3-6H3/t16-,17+,19+,20+/m0/s1. The first-order valence-electron chi connectivity index (χ1n) is 8.66. The van der Waals surface area contributed by atoms with Crippen LogP contribution in [-0.4, -0.2) is 10.7 Å². The van der Waals surface area contributed by atoms with Crippen molar-refractivity contribution in [2.45, 2.75) is 78.2 Å². The molecule has 1 N–H and O–H groups in total. The molecule has 0 bridgehead atoms. The maximum atomic E-state index is 11.0. The molecule has 1 nitrogen and oxygen atoms in total. The number of fused-ring (bicyclic) bond motifs is 1. The molecule has 4 atom stereocenters. The summed E-state index contributed by atoms with van der Waals surface area (Å²) in [5.74, 6) is 1.11. The lowest BCUT2D eigenvalue weighted by Gasteiger charge is -2.61. The number of allylic oxidation sites excluding steroid dienone is 2. The second-order valence-electron chi connectivity index (χ2n) is 8.75. The minimum Gasteiger partial charge on any atom is -0.390 e. The smallest absolute Gasteiger partial charge is 0.0653 e. The third-order valence-corrected chi connectivity index (χ3v) is 6.80. The fourth-order valence-electron chi connectivity index (χ4n) is 5.70. The van der Waals surface area contributed by atoms with E-state index in [-0.39, 0.29) is 5.41 Å². The first kappa shape index (κ1) is 16.8. The van der Waals surface area contributed by atoms with Gasteiger partial charge in [0, 0.05) is 0 Å². The second-order valence-corrected chi connectivity index (χ2v) is 8.75. The van der Waals surface area contributed by atoms with E-state index in [4.69, 9.17) is 0 Å². The van der Waals surface area contributed by atoms with Crippen LogP contribution in [0.1, 0.15) is 72.6 Å². The average Bonchev–Trinajstić information content (AvgIpc) is 2.35. The van der Waals surface area contributed by atoms with Gasteiger partial charge in [-0.15, -0.1) is 0 Å². The van der Waals surface area contributed by atoms with Gasteiger partial charge in [-0.25, -0.2) is 0 Å². The lowest BCUT2D eigenvalue weighted by atomic mass is 9.45. The van der Waals surface area contributed by atoms with Crippen molar-refractivity contribution in [3.8, 4) is 0 Å². The summed E-state index contributed by atoms with van der Waals surface area (Å²) in [7, 11) is 0. The molecule has 2 saturated carbocycles. The lowest BCUT2D eigenvalue weighted by Crippen LogP contribution is -2.57. The fourth-order valence-corrected chi connectivity index (χ4v) is 5.70. The van der Waals surface area contributed by atoms with Crippen LogP contribution in [0.15, 0.2) is 24.8 Å². The molecule has 2 aliphatic rings. The molecule has 2 fully saturated rings. The quantitative estimate of drug-likeness (QED) is 0.678. The summed E-state index contributed by atoms with van der Waals surface area (Å²) in [4.78, 5) is 0. The van der Waals surface area contributed by atoms with Crippen molar-refractivity contribution in [1.29, 1.82) is 0 Å². The summed E-state index contributed by atoms with van der Waals surface area (Å²) in [6, 6.07) is 0. The third-order valence-electron chi connectivity index (χ3n) is 6.80. The first-order valence-corrected chi connectivity index (χ1v) is 8.66. The van der Waals surface area contributed by atoms with E-state index in [0.717, 1.165) is 30.8 Å². The van der Waals surface area contributed by atoms with Crippen LogP contribution in [0.25, 0.3) is 0 Å². The van der Waals surface area contributed by atoms with Crippen LogP contribution in [0.5, 0.6) is 0 Å². The van der Waals surface area contributed by atoms with Crippen LogP contribution in [0.4, 0.5) is 0 Å². The predicted molar refractivity (Wildman–Crippen MR) is 91.1 cm³/mol. The summed E-state index contributed by atoms with van der Waals surface area (Å²) in [5.41, 5.74) is 1.26. The van der Waals surface area contributed by atoms with Gasteiger partial charge in [0.05, 0.1) is 5.60 Å². The summed E-state index contributed by atoms with van der Waals surface area (Å²) in [6.45, 7) is 17.3. The molecule has 120 valence electrons. The zero-order valence-corrected chi connectivity index (χ0v) is 14.5. The highest BCUT2D eigenvalue weighted by Gasteiger charge is 2.57. The molecule has 2 aliphatic carbocycles. The maximum Gasteiger partial charge on any atom is 0.0653 e. The predicted octanol–water partition coefficient (Wildman–Crippen LogP) is 5.50. The SMILES string of the molecule is C=CC(=C)CC[C@@H]1[C@]2(C)CCCC(C)(C)[C@@H]2CC[C@@]1(C)O. The molecule has 0 aromatic rings. The van der Waals surface area contributed by atoms with Gasteiger partial charge in [-0.05, 0) is 68.1 Å². The molecule has 0 amide bonds. The summed E-state index contributed by atoms with van der Waals surface area (Å²) < 4.78 is 0. The fraction of sp³-hybridized carbons (Fsp3) is 0.800. The Balaban J connectivity index is 2.28. The Bertz CT molecular complexity index is 418. The second kappa shape index (κ2) is 5.57. The molecule has 1 heteroatoms. The van der Waals surface area contributed by atoms with Gasteiger partial charge in [-0.2, -0.15) is 0 Å². The van der Waals surface area contributed by atoms with Crippen molar-refractivity contribution in [2.24, 2.45) is 22.7 Å². The minimum absolute atomic E-state index is 0.269.